The molecular formula is C52H33NO2. The normalized spacial score (nSPS) is 11.6. The number of benzene rings is 9. The molecule has 55 heavy (non-hydrogen) atoms. The van der Waals surface area contributed by atoms with Gasteiger partial charge in [0, 0.05) is 55.5 Å². The van der Waals surface area contributed by atoms with Crippen molar-refractivity contribution in [3.05, 3.63) is 200 Å². The molecule has 11 rings (SSSR count). The van der Waals surface area contributed by atoms with Gasteiger partial charge >= 0.3 is 0 Å². The third kappa shape index (κ3) is 5.20. The van der Waals surface area contributed by atoms with Gasteiger partial charge in [-0.2, -0.15) is 0 Å². The van der Waals surface area contributed by atoms with Crippen LogP contribution in [0.1, 0.15) is 0 Å². The SMILES string of the molecule is c1ccc(-c2cccc(-c3ccc(N(c4ccc5c(c4)oc4ccccc45)c4ccccc4-c4cccc5c4oc4c6ccccc6ccc54)cc3)c2)cc1. The van der Waals surface area contributed by atoms with E-state index in [4.69, 9.17) is 8.83 Å². The molecule has 0 saturated carbocycles. The number of rotatable bonds is 6. The first-order valence-corrected chi connectivity index (χ1v) is 18.7. The van der Waals surface area contributed by atoms with E-state index >= 15 is 0 Å². The summed E-state index contributed by atoms with van der Waals surface area (Å²) in [6.45, 7) is 0. The largest absolute Gasteiger partial charge is 0.456 e. The summed E-state index contributed by atoms with van der Waals surface area (Å²) >= 11 is 0. The molecule has 2 heterocycles. The molecule has 11 aromatic rings. The maximum absolute atomic E-state index is 6.86. The second kappa shape index (κ2) is 12.6. The van der Waals surface area contributed by atoms with Crippen molar-refractivity contribution >= 4 is 71.7 Å². The highest BCUT2D eigenvalue weighted by atomic mass is 16.3. The lowest BCUT2D eigenvalue weighted by molar-refractivity contribution is 0.669. The molecular weight excluding hydrogens is 671 g/mol. The van der Waals surface area contributed by atoms with Crippen molar-refractivity contribution in [2.75, 3.05) is 4.90 Å². The number of hydrogen-bond acceptors (Lipinski definition) is 3. The molecule has 0 aliphatic rings. The van der Waals surface area contributed by atoms with Crippen molar-refractivity contribution in [2.45, 2.75) is 0 Å². The minimum absolute atomic E-state index is 0.849. The molecule has 0 aliphatic heterocycles. The van der Waals surface area contributed by atoms with Gasteiger partial charge in [-0.3, -0.25) is 0 Å². The molecule has 0 radical (unpaired) electrons. The van der Waals surface area contributed by atoms with E-state index in [1.54, 1.807) is 0 Å². The summed E-state index contributed by atoms with van der Waals surface area (Å²) in [6, 6.07) is 70.9. The van der Waals surface area contributed by atoms with E-state index in [-0.39, 0.29) is 0 Å². The van der Waals surface area contributed by atoms with Crippen molar-refractivity contribution < 1.29 is 8.83 Å². The average Bonchev–Trinajstić information content (AvgIpc) is 3.83. The number of anilines is 3. The summed E-state index contributed by atoms with van der Waals surface area (Å²) in [6.07, 6.45) is 0. The highest BCUT2D eigenvalue weighted by Crippen LogP contribution is 2.46. The number of nitrogens with zero attached hydrogens (tertiary/aromatic N) is 1. The molecule has 0 spiro atoms. The molecule has 258 valence electrons. The van der Waals surface area contributed by atoms with E-state index in [1.807, 2.05) is 12.1 Å². The van der Waals surface area contributed by atoms with Gasteiger partial charge in [0.15, 0.2) is 0 Å². The van der Waals surface area contributed by atoms with Gasteiger partial charge in [0.1, 0.15) is 22.3 Å². The molecule has 3 heteroatoms. The van der Waals surface area contributed by atoms with Crippen molar-refractivity contribution in [1.29, 1.82) is 0 Å². The Morgan fingerprint density at radius 3 is 1.78 bits per heavy atom. The predicted octanol–water partition coefficient (Wildman–Crippen LogP) is 15.1. The van der Waals surface area contributed by atoms with Gasteiger partial charge < -0.3 is 13.7 Å². The van der Waals surface area contributed by atoms with Gasteiger partial charge in [-0.25, -0.2) is 0 Å². The third-order valence-corrected chi connectivity index (χ3v) is 10.9. The van der Waals surface area contributed by atoms with E-state index in [0.717, 1.165) is 83.0 Å². The number of para-hydroxylation sites is 3. The number of hydrogen-bond donors (Lipinski definition) is 0. The van der Waals surface area contributed by atoms with Gasteiger partial charge in [-0.1, -0.05) is 146 Å². The van der Waals surface area contributed by atoms with E-state index < -0.39 is 0 Å². The first kappa shape index (κ1) is 31.2. The minimum atomic E-state index is 0.849. The molecule has 9 aromatic carbocycles. The van der Waals surface area contributed by atoms with E-state index in [1.165, 1.54) is 22.1 Å². The van der Waals surface area contributed by atoms with Crippen LogP contribution in [0.5, 0.6) is 0 Å². The second-order valence-corrected chi connectivity index (χ2v) is 14.1. The lowest BCUT2D eigenvalue weighted by atomic mass is 9.97. The predicted molar refractivity (Wildman–Crippen MR) is 229 cm³/mol. The van der Waals surface area contributed by atoms with E-state index in [2.05, 4.69) is 193 Å². The summed E-state index contributed by atoms with van der Waals surface area (Å²) in [4.78, 5) is 2.34. The van der Waals surface area contributed by atoms with E-state index in [9.17, 15) is 0 Å². The Bertz CT molecular complexity index is 3210. The first-order valence-electron chi connectivity index (χ1n) is 18.7. The molecule has 0 fully saturated rings. The summed E-state index contributed by atoms with van der Waals surface area (Å²) in [5, 5.41) is 6.71. The topological polar surface area (TPSA) is 29.5 Å². The third-order valence-electron chi connectivity index (χ3n) is 10.9. The Kier molecular flexibility index (Phi) is 7.17. The Morgan fingerprint density at radius 1 is 0.309 bits per heavy atom. The maximum atomic E-state index is 6.86. The summed E-state index contributed by atoms with van der Waals surface area (Å²) in [5.74, 6) is 0. The Balaban J connectivity index is 1.09. The monoisotopic (exact) mass is 703 g/mol. The van der Waals surface area contributed by atoms with Crippen molar-refractivity contribution in [3.8, 4) is 33.4 Å². The lowest BCUT2D eigenvalue weighted by Gasteiger charge is -2.28. The van der Waals surface area contributed by atoms with Gasteiger partial charge in [0.2, 0.25) is 0 Å². The quantitative estimate of drug-likeness (QED) is 0.173. The smallest absolute Gasteiger partial charge is 0.143 e. The molecule has 0 atom stereocenters. The maximum Gasteiger partial charge on any atom is 0.143 e. The Labute approximate surface area is 317 Å². The number of fused-ring (bicyclic) bond motifs is 8. The van der Waals surface area contributed by atoms with Crippen LogP contribution in [0.2, 0.25) is 0 Å². The highest BCUT2D eigenvalue weighted by molar-refractivity contribution is 6.17. The van der Waals surface area contributed by atoms with Crippen LogP contribution >= 0.6 is 0 Å². The van der Waals surface area contributed by atoms with Crippen LogP contribution in [-0.2, 0) is 0 Å². The molecule has 0 unspecified atom stereocenters. The average molecular weight is 704 g/mol. The molecule has 0 bridgehead atoms. The highest BCUT2D eigenvalue weighted by Gasteiger charge is 2.22. The molecule has 0 N–H and O–H groups in total. The van der Waals surface area contributed by atoms with Crippen LogP contribution in [0.25, 0.3) is 88.0 Å². The zero-order valence-corrected chi connectivity index (χ0v) is 29.8. The molecule has 0 aliphatic carbocycles. The van der Waals surface area contributed by atoms with Gasteiger partial charge in [-0.15, -0.1) is 0 Å². The van der Waals surface area contributed by atoms with Gasteiger partial charge in [0.25, 0.3) is 0 Å². The summed E-state index contributed by atoms with van der Waals surface area (Å²) in [7, 11) is 0. The second-order valence-electron chi connectivity index (χ2n) is 14.1. The van der Waals surface area contributed by atoms with E-state index in [0.29, 0.717) is 0 Å². The molecule has 0 saturated heterocycles. The van der Waals surface area contributed by atoms with Crippen LogP contribution in [0.15, 0.2) is 209 Å². The van der Waals surface area contributed by atoms with Gasteiger partial charge in [0.05, 0.1) is 5.69 Å². The zero-order valence-electron chi connectivity index (χ0n) is 29.8. The van der Waals surface area contributed by atoms with Crippen LogP contribution in [0, 0.1) is 0 Å². The van der Waals surface area contributed by atoms with Crippen molar-refractivity contribution in [3.63, 3.8) is 0 Å². The van der Waals surface area contributed by atoms with Crippen LogP contribution in [0.3, 0.4) is 0 Å². The summed E-state index contributed by atoms with van der Waals surface area (Å²) in [5.41, 5.74) is 13.4. The summed E-state index contributed by atoms with van der Waals surface area (Å²) < 4.78 is 13.3. The first-order chi connectivity index (χ1) is 27.3. The Hall–Kier alpha value is -7.36. The van der Waals surface area contributed by atoms with Gasteiger partial charge in [-0.05, 0) is 76.2 Å². The minimum Gasteiger partial charge on any atom is -0.456 e. The standard InChI is InChI=1S/C52H33NO2/c1-2-12-34(13-3-1)37-15-10-16-38(32-37)35-24-27-39(28-25-35)53(40-29-31-44-43-19-7-9-23-49(43)54-50(44)33-40)48-22-8-6-18-42(48)45-20-11-21-46-47-30-26-36-14-4-5-17-41(36)51(47)55-52(45)46/h1-33H. The number of furan rings is 2. The fraction of sp³-hybridized carbons (Fsp3) is 0. The van der Waals surface area contributed by atoms with Crippen molar-refractivity contribution in [1.82, 2.24) is 0 Å². The fourth-order valence-corrected chi connectivity index (χ4v) is 8.23. The van der Waals surface area contributed by atoms with Crippen LogP contribution < -0.4 is 4.90 Å². The molecule has 0 amide bonds. The molecule has 3 nitrogen and oxygen atoms in total. The van der Waals surface area contributed by atoms with Crippen molar-refractivity contribution in [2.24, 2.45) is 0 Å². The van der Waals surface area contributed by atoms with Crippen LogP contribution in [-0.4, -0.2) is 0 Å². The lowest BCUT2D eigenvalue weighted by Crippen LogP contribution is -2.11. The molecule has 2 aromatic heterocycles. The Morgan fingerprint density at radius 2 is 0.909 bits per heavy atom. The fourth-order valence-electron chi connectivity index (χ4n) is 8.23. The van der Waals surface area contributed by atoms with Crippen LogP contribution in [0.4, 0.5) is 17.1 Å². The zero-order chi connectivity index (χ0) is 36.3.